The molecule has 0 radical (unpaired) electrons. The van der Waals surface area contributed by atoms with Crippen LogP contribution in [0.15, 0.2) is 0 Å². The predicted octanol–water partition coefficient (Wildman–Crippen LogP) is 0.995. The third-order valence-electron chi connectivity index (χ3n) is 4.95. The fraction of sp³-hybridized carbons (Fsp3) is 0.909. The number of rotatable bonds is 22. The zero-order valence-electron chi connectivity index (χ0n) is 19.3. The number of hydrogen-bond donors (Lipinski definition) is 6. The van der Waals surface area contributed by atoms with E-state index < -0.39 is 6.04 Å². The Kier molecular flexibility index (Phi) is 21.6. The Morgan fingerprint density at radius 2 is 1.33 bits per heavy atom. The highest BCUT2D eigenvalue weighted by Crippen LogP contribution is 2.00. The van der Waals surface area contributed by atoms with Crippen LogP contribution in [-0.2, 0) is 9.59 Å². The summed E-state index contributed by atoms with van der Waals surface area (Å²) in [6.45, 7) is 8.12. The van der Waals surface area contributed by atoms with Crippen LogP contribution in [0.4, 0.5) is 0 Å². The summed E-state index contributed by atoms with van der Waals surface area (Å²) in [6, 6.07) is -0.468. The predicted molar refractivity (Wildman–Crippen MR) is 125 cm³/mol. The SMILES string of the molecule is CCCCCC(=O)NCCCC[C@@H](N)C(=O)NCCCNCCCCNCCCN. The molecule has 0 rings (SSSR count). The van der Waals surface area contributed by atoms with E-state index in [4.69, 9.17) is 11.5 Å². The molecular formula is C22H48N6O2. The van der Waals surface area contributed by atoms with Gasteiger partial charge >= 0.3 is 0 Å². The number of unbranched alkanes of at least 4 members (excludes halogenated alkanes) is 4. The van der Waals surface area contributed by atoms with Crippen molar-refractivity contribution in [1.82, 2.24) is 21.3 Å². The van der Waals surface area contributed by atoms with Gasteiger partial charge in [-0.1, -0.05) is 19.8 Å². The molecule has 0 aliphatic rings. The number of hydrogen-bond acceptors (Lipinski definition) is 6. The van der Waals surface area contributed by atoms with Crippen LogP contribution in [0.3, 0.4) is 0 Å². The maximum Gasteiger partial charge on any atom is 0.236 e. The van der Waals surface area contributed by atoms with Gasteiger partial charge < -0.3 is 32.7 Å². The molecule has 0 aliphatic heterocycles. The second-order valence-corrected chi connectivity index (χ2v) is 7.90. The van der Waals surface area contributed by atoms with Gasteiger partial charge in [0, 0.05) is 19.5 Å². The molecule has 0 aliphatic carbocycles. The van der Waals surface area contributed by atoms with E-state index in [0.29, 0.717) is 25.9 Å². The minimum absolute atomic E-state index is 0.0813. The van der Waals surface area contributed by atoms with E-state index in [1.807, 2.05) is 0 Å². The smallest absolute Gasteiger partial charge is 0.236 e. The summed E-state index contributed by atoms with van der Waals surface area (Å²) in [5.41, 5.74) is 11.4. The standard InChI is InChI=1S/C22H48N6O2/c1-2-3-4-12-21(29)27-18-6-5-11-20(24)22(30)28-19-10-17-26-15-8-7-14-25-16-9-13-23/h20,25-26H,2-19,23-24H2,1H3,(H,27,29)(H,28,30)/t20-/m1/s1. The summed E-state index contributed by atoms with van der Waals surface area (Å²) < 4.78 is 0. The fourth-order valence-electron chi connectivity index (χ4n) is 3.01. The molecule has 30 heavy (non-hydrogen) atoms. The molecule has 1 atom stereocenters. The third kappa shape index (κ3) is 20.1. The van der Waals surface area contributed by atoms with Gasteiger partial charge in [0.15, 0.2) is 0 Å². The van der Waals surface area contributed by atoms with Crippen LogP contribution >= 0.6 is 0 Å². The first kappa shape index (κ1) is 28.8. The quantitative estimate of drug-likeness (QED) is 0.142. The Bertz CT molecular complexity index is 409. The van der Waals surface area contributed by atoms with Crippen LogP contribution in [-0.4, -0.2) is 63.7 Å². The summed E-state index contributed by atoms with van der Waals surface area (Å²) in [4.78, 5) is 23.6. The molecule has 0 aromatic carbocycles. The molecule has 0 saturated carbocycles. The van der Waals surface area contributed by atoms with Crippen molar-refractivity contribution in [1.29, 1.82) is 0 Å². The number of amides is 2. The third-order valence-corrected chi connectivity index (χ3v) is 4.95. The van der Waals surface area contributed by atoms with Crippen LogP contribution in [0.5, 0.6) is 0 Å². The molecule has 0 spiro atoms. The molecule has 8 heteroatoms. The van der Waals surface area contributed by atoms with Crippen molar-refractivity contribution in [3.63, 3.8) is 0 Å². The number of nitrogens with one attached hydrogen (secondary N) is 4. The zero-order chi connectivity index (χ0) is 22.3. The maximum atomic E-state index is 12.0. The summed E-state index contributed by atoms with van der Waals surface area (Å²) in [5, 5.41) is 12.6. The molecular weight excluding hydrogens is 380 g/mol. The molecule has 0 saturated heterocycles. The lowest BCUT2D eigenvalue weighted by Gasteiger charge is -2.12. The highest BCUT2D eigenvalue weighted by molar-refractivity contribution is 5.81. The molecule has 178 valence electrons. The van der Waals surface area contributed by atoms with Crippen molar-refractivity contribution < 1.29 is 9.59 Å². The lowest BCUT2D eigenvalue weighted by Crippen LogP contribution is -2.41. The van der Waals surface area contributed by atoms with Gasteiger partial charge in [0.25, 0.3) is 0 Å². The summed E-state index contributed by atoms with van der Waals surface area (Å²) in [6.07, 6.45) is 10.4. The largest absolute Gasteiger partial charge is 0.356 e. The van der Waals surface area contributed by atoms with Crippen molar-refractivity contribution in [2.45, 2.75) is 83.6 Å². The van der Waals surface area contributed by atoms with E-state index >= 15 is 0 Å². The molecule has 0 unspecified atom stereocenters. The highest BCUT2D eigenvalue weighted by atomic mass is 16.2. The Labute approximate surface area is 184 Å². The van der Waals surface area contributed by atoms with Gasteiger partial charge in [0.1, 0.15) is 0 Å². The average Bonchev–Trinajstić information content (AvgIpc) is 2.74. The summed E-state index contributed by atoms with van der Waals surface area (Å²) in [7, 11) is 0. The Morgan fingerprint density at radius 1 is 0.733 bits per heavy atom. The van der Waals surface area contributed by atoms with Crippen molar-refractivity contribution in [2.75, 3.05) is 45.8 Å². The normalized spacial score (nSPS) is 12.0. The van der Waals surface area contributed by atoms with E-state index in [2.05, 4.69) is 28.2 Å². The lowest BCUT2D eigenvalue weighted by molar-refractivity contribution is -0.123. The van der Waals surface area contributed by atoms with Crippen molar-refractivity contribution in [2.24, 2.45) is 11.5 Å². The highest BCUT2D eigenvalue weighted by Gasteiger charge is 2.12. The summed E-state index contributed by atoms with van der Waals surface area (Å²) in [5.74, 6) is 0.0421. The lowest BCUT2D eigenvalue weighted by atomic mass is 10.1. The van der Waals surface area contributed by atoms with E-state index in [1.54, 1.807) is 0 Å². The van der Waals surface area contributed by atoms with Gasteiger partial charge in [-0.15, -0.1) is 0 Å². The Balaban J connectivity index is 3.40. The van der Waals surface area contributed by atoms with Crippen LogP contribution in [0.25, 0.3) is 0 Å². The molecule has 0 bridgehead atoms. The molecule has 0 aromatic rings. The molecule has 8 nitrogen and oxygen atoms in total. The summed E-state index contributed by atoms with van der Waals surface area (Å²) >= 11 is 0. The first-order chi connectivity index (χ1) is 14.6. The Hall–Kier alpha value is -1.22. The number of nitrogens with two attached hydrogens (primary N) is 2. The molecule has 8 N–H and O–H groups in total. The van der Waals surface area contributed by atoms with Crippen LogP contribution in [0.2, 0.25) is 0 Å². The minimum Gasteiger partial charge on any atom is -0.356 e. The van der Waals surface area contributed by atoms with Crippen LogP contribution in [0, 0.1) is 0 Å². The van der Waals surface area contributed by atoms with Crippen molar-refractivity contribution in [3.8, 4) is 0 Å². The van der Waals surface area contributed by atoms with Gasteiger partial charge in [-0.05, 0) is 84.1 Å². The van der Waals surface area contributed by atoms with Gasteiger partial charge in [-0.2, -0.15) is 0 Å². The van der Waals surface area contributed by atoms with Crippen molar-refractivity contribution in [3.05, 3.63) is 0 Å². The first-order valence-corrected chi connectivity index (χ1v) is 12.0. The molecule has 0 fully saturated rings. The monoisotopic (exact) mass is 428 g/mol. The van der Waals surface area contributed by atoms with Gasteiger partial charge in [-0.3, -0.25) is 9.59 Å². The van der Waals surface area contributed by atoms with Crippen molar-refractivity contribution >= 4 is 11.8 Å². The van der Waals surface area contributed by atoms with E-state index in [-0.39, 0.29) is 11.8 Å². The number of carbonyl (C=O) groups excluding carboxylic acids is 2. The first-order valence-electron chi connectivity index (χ1n) is 12.0. The van der Waals surface area contributed by atoms with Gasteiger partial charge in [0.05, 0.1) is 6.04 Å². The molecule has 2 amide bonds. The van der Waals surface area contributed by atoms with Gasteiger partial charge in [0.2, 0.25) is 11.8 Å². The average molecular weight is 429 g/mol. The van der Waals surface area contributed by atoms with Crippen LogP contribution < -0.4 is 32.7 Å². The Morgan fingerprint density at radius 3 is 2.00 bits per heavy atom. The molecule has 0 heterocycles. The fourth-order valence-corrected chi connectivity index (χ4v) is 3.01. The van der Waals surface area contributed by atoms with Gasteiger partial charge in [-0.25, -0.2) is 0 Å². The topological polar surface area (TPSA) is 134 Å². The van der Waals surface area contributed by atoms with Crippen LogP contribution in [0.1, 0.15) is 77.6 Å². The van der Waals surface area contributed by atoms with E-state index in [0.717, 1.165) is 90.5 Å². The molecule has 0 aromatic heterocycles. The van der Waals surface area contributed by atoms with E-state index in [9.17, 15) is 9.59 Å². The maximum absolute atomic E-state index is 12.0. The zero-order valence-corrected chi connectivity index (χ0v) is 19.3. The number of carbonyl (C=O) groups is 2. The second kappa shape index (κ2) is 22.5. The second-order valence-electron chi connectivity index (χ2n) is 7.90. The van der Waals surface area contributed by atoms with E-state index in [1.165, 1.54) is 0 Å². The minimum atomic E-state index is -0.468.